The fraction of sp³-hybridized carbons (Fsp3) is 0.500. The van der Waals surface area contributed by atoms with Crippen LogP contribution in [0.15, 0.2) is 22.7 Å². The summed E-state index contributed by atoms with van der Waals surface area (Å²) in [7, 11) is 0. The molecule has 0 unspecified atom stereocenters. The van der Waals surface area contributed by atoms with Crippen LogP contribution in [0.25, 0.3) is 0 Å². The molecule has 0 aliphatic heterocycles. The molecular weight excluding hydrogens is 295 g/mol. The van der Waals surface area contributed by atoms with Crippen LogP contribution in [0, 0.1) is 5.92 Å². The van der Waals surface area contributed by atoms with E-state index in [1.54, 1.807) is 6.07 Å². The van der Waals surface area contributed by atoms with Gasteiger partial charge in [-0.2, -0.15) is 13.2 Å². The molecule has 0 amide bonds. The Kier molecular flexibility index (Phi) is 3.66. The summed E-state index contributed by atoms with van der Waals surface area (Å²) in [6.45, 7) is 0.630. The van der Waals surface area contributed by atoms with Gasteiger partial charge in [0.15, 0.2) is 0 Å². The van der Waals surface area contributed by atoms with Gasteiger partial charge in [0.25, 0.3) is 0 Å². The Morgan fingerprint density at radius 1 is 1.29 bits per heavy atom. The number of hydrogen-bond donors (Lipinski definition) is 1. The average molecular weight is 308 g/mol. The fourth-order valence-corrected chi connectivity index (χ4v) is 2.22. The van der Waals surface area contributed by atoms with Gasteiger partial charge in [-0.3, -0.25) is 0 Å². The molecule has 0 spiro atoms. The van der Waals surface area contributed by atoms with Gasteiger partial charge in [0, 0.05) is 16.7 Å². The number of halogens is 4. The van der Waals surface area contributed by atoms with E-state index in [0.717, 1.165) is 18.9 Å². The van der Waals surface area contributed by atoms with Gasteiger partial charge in [-0.05, 0) is 37.0 Å². The zero-order chi connectivity index (χ0) is 12.5. The second kappa shape index (κ2) is 4.88. The average Bonchev–Trinajstić information content (AvgIpc) is 2.16. The summed E-state index contributed by atoms with van der Waals surface area (Å²) in [6.07, 6.45) is -0.889. The lowest BCUT2D eigenvalue weighted by atomic mass is 9.85. The van der Waals surface area contributed by atoms with Crippen LogP contribution in [0.1, 0.15) is 24.8 Å². The van der Waals surface area contributed by atoms with E-state index >= 15 is 0 Å². The highest BCUT2D eigenvalue weighted by molar-refractivity contribution is 9.10. The van der Waals surface area contributed by atoms with Crippen molar-refractivity contribution in [3.05, 3.63) is 28.2 Å². The lowest BCUT2D eigenvalue weighted by molar-refractivity contribution is -0.137. The molecule has 1 aliphatic carbocycles. The number of anilines is 1. The minimum atomic E-state index is -4.31. The van der Waals surface area contributed by atoms with Crippen LogP contribution in [-0.2, 0) is 6.18 Å². The third-order valence-corrected chi connectivity index (χ3v) is 3.59. The Labute approximate surface area is 107 Å². The van der Waals surface area contributed by atoms with Crippen LogP contribution in [0.3, 0.4) is 0 Å². The highest BCUT2D eigenvalue weighted by Crippen LogP contribution is 2.37. The maximum absolute atomic E-state index is 12.8. The zero-order valence-corrected chi connectivity index (χ0v) is 10.7. The van der Waals surface area contributed by atoms with Gasteiger partial charge in [-0.25, -0.2) is 0 Å². The number of nitrogens with one attached hydrogen (secondary N) is 1. The molecule has 1 aromatic rings. The Hall–Kier alpha value is -0.710. The second-order valence-electron chi connectivity index (χ2n) is 4.37. The smallest absolute Gasteiger partial charge is 0.384 e. The van der Waals surface area contributed by atoms with Gasteiger partial charge in [0.2, 0.25) is 0 Å². The van der Waals surface area contributed by atoms with Gasteiger partial charge in [-0.15, -0.1) is 0 Å². The maximum Gasteiger partial charge on any atom is 0.418 e. The monoisotopic (exact) mass is 307 g/mol. The molecule has 0 heterocycles. The third-order valence-electron chi connectivity index (χ3n) is 3.09. The molecule has 1 fully saturated rings. The summed E-state index contributed by atoms with van der Waals surface area (Å²) in [5.41, 5.74) is -0.432. The second-order valence-corrected chi connectivity index (χ2v) is 5.28. The molecule has 1 nitrogen and oxygen atoms in total. The Morgan fingerprint density at radius 2 is 2.00 bits per heavy atom. The van der Waals surface area contributed by atoms with Gasteiger partial charge in [0.05, 0.1) is 5.56 Å². The molecular formula is C12H13BrF3N. The van der Waals surface area contributed by atoms with Gasteiger partial charge < -0.3 is 5.32 Å². The van der Waals surface area contributed by atoms with Crippen molar-refractivity contribution in [2.75, 3.05) is 11.9 Å². The first-order valence-corrected chi connectivity index (χ1v) is 6.37. The highest BCUT2D eigenvalue weighted by atomic mass is 79.9. The first-order chi connectivity index (χ1) is 7.97. The van der Waals surface area contributed by atoms with Crippen molar-refractivity contribution in [3.63, 3.8) is 0 Å². The van der Waals surface area contributed by atoms with Crippen molar-refractivity contribution in [1.29, 1.82) is 0 Å². The van der Waals surface area contributed by atoms with Crippen LogP contribution in [-0.4, -0.2) is 6.54 Å². The van der Waals surface area contributed by atoms with Crippen molar-refractivity contribution < 1.29 is 13.2 Å². The van der Waals surface area contributed by atoms with E-state index in [2.05, 4.69) is 21.2 Å². The third kappa shape index (κ3) is 3.15. The molecule has 94 valence electrons. The Balaban J connectivity index is 2.13. The molecule has 0 aromatic heterocycles. The van der Waals surface area contributed by atoms with Crippen molar-refractivity contribution in [2.24, 2.45) is 5.92 Å². The summed E-state index contributed by atoms with van der Waals surface area (Å²) in [4.78, 5) is 0. The number of rotatable bonds is 3. The molecule has 1 saturated carbocycles. The molecule has 0 atom stereocenters. The maximum atomic E-state index is 12.8. The lowest BCUT2D eigenvalue weighted by Gasteiger charge is -2.26. The topological polar surface area (TPSA) is 12.0 Å². The van der Waals surface area contributed by atoms with E-state index < -0.39 is 11.7 Å². The minimum Gasteiger partial charge on any atom is -0.384 e. The zero-order valence-electron chi connectivity index (χ0n) is 9.15. The van der Waals surface area contributed by atoms with Crippen molar-refractivity contribution >= 4 is 21.6 Å². The first-order valence-electron chi connectivity index (χ1n) is 5.57. The number of hydrogen-bond acceptors (Lipinski definition) is 1. The standard InChI is InChI=1S/C12H13BrF3N/c13-9-4-5-11(10(6-9)12(14,15)16)17-7-8-2-1-3-8/h4-6,8,17H,1-3,7H2. The molecule has 1 N–H and O–H groups in total. The molecule has 2 rings (SSSR count). The van der Waals surface area contributed by atoms with E-state index in [-0.39, 0.29) is 5.69 Å². The van der Waals surface area contributed by atoms with Gasteiger partial charge in [0.1, 0.15) is 0 Å². The minimum absolute atomic E-state index is 0.174. The summed E-state index contributed by atoms with van der Waals surface area (Å²) >= 11 is 3.07. The van der Waals surface area contributed by atoms with Crippen LogP contribution in [0.4, 0.5) is 18.9 Å². The molecule has 1 aromatic carbocycles. The summed E-state index contributed by atoms with van der Waals surface area (Å²) < 4.78 is 38.8. The first kappa shape index (κ1) is 12.7. The largest absolute Gasteiger partial charge is 0.418 e. The van der Waals surface area contributed by atoms with Crippen LogP contribution in [0.2, 0.25) is 0 Å². The lowest BCUT2D eigenvalue weighted by Crippen LogP contribution is -2.22. The molecule has 0 saturated heterocycles. The summed E-state index contributed by atoms with van der Waals surface area (Å²) in [6, 6.07) is 4.22. The quantitative estimate of drug-likeness (QED) is 0.855. The molecule has 1 aliphatic rings. The molecule has 0 radical (unpaired) electrons. The Bertz CT molecular complexity index is 399. The number of benzene rings is 1. The summed E-state index contributed by atoms with van der Waals surface area (Å²) in [5, 5.41) is 2.91. The SMILES string of the molecule is FC(F)(F)c1cc(Br)ccc1NCC1CCC1. The summed E-state index contributed by atoms with van der Waals surface area (Å²) in [5.74, 6) is 0.528. The molecule has 5 heteroatoms. The highest BCUT2D eigenvalue weighted by Gasteiger charge is 2.33. The van der Waals surface area contributed by atoms with Crippen molar-refractivity contribution in [1.82, 2.24) is 0 Å². The Morgan fingerprint density at radius 3 is 2.53 bits per heavy atom. The van der Waals surface area contributed by atoms with Gasteiger partial charge in [-0.1, -0.05) is 22.4 Å². The molecule has 0 bridgehead atoms. The van der Waals surface area contributed by atoms with E-state index in [1.807, 2.05) is 0 Å². The van der Waals surface area contributed by atoms with Crippen LogP contribution in [0.5, 0.6) is 0 Å². The van der Waals surface area contributed by atoms with E-state index in [1.165, 1.54) is 12.5 Å². The van der Waals surface area contributed by atoms with E-state index in [4.69, 9.17) is 0 Å². The number of alkyl halides is 3. The predicted molar refractivity (Wildman–Crippen MR) is 65.0 cm³/mol. The van der Waals surface area contributed by atoms with E-state index in [0.29, 0.717) is 16.9 Å². The van der Waals surface area contributed by atoms with Crippen LogP contribution >= 0.6 is 15.9 Å². The van der Waals surface area contributed by atoms with Crippen molar-refractivity contribution in [3.8, 4) is 0 Å². The van der Waals surface area contributed by atoms with E-state index in [9.17, 15) is 13.2 Å². The van der Waals surface area contributed by atoms with Crippen LogP contribution < -0.4 is 5.32 Å². The fourth-order valence-electron chi connectivity index (χ4n) is 1.86. The predicted octanol–water partition coefficient (Wildman–Crippen LogP) is 4.68. The normalized spacial score (nSPS) is 16.7. The van der Waals surface area contributed by atoms with Gasteiger partial charge >= 0.3 is 6.18 Å². The van der Waals surface area contributed by atoms with Crippen molar-refractivity contribution in [2.45, 2.75) is 25.4 Å². The molecule has 17 heavy (non-hydrogen) atoms.